The molecule has 0 spiro atoms. The minimum absolute atomic E-state index is 0.157. The Labute approximate surface area is 113 Å². The highest BCUT2D eigenvalue weighted by molar-refractivity contribution is 7.90. The minimum atomic E-state index is -3.21. The first-order valence-corrected chi connectivity index (χ1v) is 7.96. The van der Waals surface area contributed by atoms with Crippen LogP contribution in [-0.4, -0.2) is 32.3 Å². The first-order valence-electron chi connectivity index (χ1n) is 6.07. The molecule has 0 bridgehead atoms. The summed E-state index contributed by atoms with van der Waals surface area (Å²) >= 11 is 0. The van der Waals surface area contributed by atoms with E-state index in [1.165, 1.54) is 6.26 Å². The van der Waals surface area contributed by atoms with Crippen molar-refractivity contribution in [2.45, 2.75) is 31.1 Å². The summed E-state index contributed by atoms with van der Waals surface area (Å²) in [5.41, 5.74) is 1.74. The summed E-state index contributed by atoms with van der Waals surface area (Å²) in [4.78, 5) is 10.6. The third-order valence-corrected chi connectivity index (χ3v) is 3.88. The summed E-state index contributed by atoms with van der Waals surface area (Å²) in [5, 5.41) is 11.7. The second kappa shape index (κ2) is 6.56. The van der Waals surface area contributed by atoms with E-state index in [4.69, 9.17) is 5.11 Å². The smallest absolute Gasteiger partial charge is 0.303 e. The predicted molar refractivity (Wildman–Crippen MR) is 74.3 cm³/mol. The van der Waals surface area contributed by atoms with Crippen molar-refractivity contribution >= 4 is 21.5 Å². The van der Waals surface area contributed by atoms with Gasteiger partial charge in [0.1, 0.15) is 0 Å². The molecule has 0 atom stereocenters. The van der Waals surface area contributed by atoms with E-state index in [0.29, 0.717) is 13.0 Å². The molecule has 2 N–H and O–H groups in total. The third kappa shape index (κ3) is 5.30. The Morgan fingerprint density at radius 2 is 2.00 bits per heavy atom. The van der Waals surface area contributed by atoms with Crippen LogP contribution in [-0.2, 0) is 14.6 Å². The standard InChI is InChI=1S/C13H19NO4S/c1-10-6-7-11(19(2,17)18)9-12(10)14-8-4-3-5-13(15)16/h6-7,9,14H,3-5,8H2,1-2H3,(H,15,16). The average Bonchev–Trinajstić information content (AvgIpc) is 2.29. The molecule has 5 nitrogen and oxygen atoms in total. The van der Waals surface area contributed by atoms with Crippen molar-refractivity contribution in [3.63, 3.8) is 0 Å². The Morgan fingerprint density at radius 1 is 1.32 bits per heavy atom. The summed E-state index contributed by atoms with van der Waals surface area (Å²) in [6.07, 6.45) is 2.67. The number of unbranched alkanes of at least 4 members (excludes halogenated alkanes) is 1. The lowest BCUT2D eigenvalue weighted by molar-refractivity contribution is -0.137. The fraction of sp³-hybridized carbons (Fsp3) is 0.462. The van der Waals surface area contributed by atoms with Gasteiger partial charge in [0.15, 0.2) is 9.84 Å². The summed E-state index contributed by atoms with van der Waals surface area (Å²) in [6.45, 7) is 2.52. The summed E-state index contributed by atoms with van der Waals surface area (Å²) in [7, 11) is -3.21. The van der Waals surface area contributed by atoms with Gasteiger partial charge < -0.3 is 10.4 Å². The van der Waals surface area contributed by atoms with Crippen LogP contribution in [0, 0.1) is 6.92 Å². The molecule has 0 saturated heterocycles. The number of aliphatic carboxylic acids is 1. The maximum absolute atomic E-state index is 11.5. The van der Waals surface area contributed by atoms with Crippen molar-refractivity contribution in [1.29, 1.82) is 0 Å². The van der Waals surface area contributed by atoms with E-state index in [0.717, 1.165) is 17.7 Å². The molecule has 0 aliphatic carbocycles. The van der Waals surface area contributed by atoms with Crippen LogP contribution in [0.4, 0.5) is 5.69 Å². The Bertz CT molecular complexity index is 552. The first-order chi connectivity index (χ1) is 8.80. The zero-order valence-corrected chi connectivity index (χ0v) is 12.0. The SMILES string of the molecule is Cc1ccc(S(C)(=O)=O)cc1NCCCCC(=O)O. The maximum Gasteiger partial charge on any atom is 0.303 e. The molecule has 106 valence electrons. The molecule has 0 amide bonds. The maximum atomic E-state index is 11.5. The van der Waals surface area contributed by atoms with Crippen molar-refractivity contribution in [3.8, 4) is 0 Å². The van der Waals surface area contributed by atoms with E-state index in [2.05, 4.69) is 5.32 Å². The van der Waals surface area contributed by atoms with Gasteiger partial charge in [-0.3, -0.25) is 4.79 Å². The number of aryl methyl sites for hydroxylation is 1. The number of rotatable bonds is 7. The van der Waals surface area contributed by atoms with E-state index in [9.17, 15) is 13.2 Å². The molecule has 0 aromatic heterocycles. The molecule has 19 heavy (non-hydrogen) atoms. The predicted octanol–water partition coefficient (Wildman–Crippen LogP) is 2.07. The molecule has 0 fully saturated rings. The number of hydrogen-bond acceptors (Lipinski definition) is 4. The Kier molecular flexibility index (Phi) is 5.35. The van der Waals surface area contributed by atoms with Gasteiger partial charge in [-0.25, -0.2) is 8.42 Å². The molecule has 0 unspecified atom stereocenters. The number of carbonyl (C=O) groups is 1. The van der Waals surface area contributed by atoms with Gasteiger partial charge in [0.05, 0.1) is 4.90 Å². The Hall–Kier alpha value is -1.56. The lowest BCUT2D eigenvalue weighted by atomic mass is 10.2. The normalized spacial score (nSPS) is 11.3. The number of carboxylic acids is 1. The van der Waals surface area contributed by atoms with Crippen LogP contribution in [0.1, 0.15) is 24.8 Å². The lowest BCUT2D eigenvalue weighted by Crippen LogP contribution is -2.06. The number of anilines is 1. The number of carboxylic acid groups (broad SMARTS) is 1. The zero-order chi connectivity index (χ0) is 14.5. The summed E-state index contributed by atoms with van der Waals surface area (Å²) < 4.78 is 22.9. The highest BCUT2D eigenvalue weighted by Gasteiger charge is 2.09. The summed E-state index contributed by atoms with van der Waals surface area (Å²) in [5.74, 6) is -0.796. The number of sulfone groups is 1. The van der Waals surface area contributed by atoms with Crippen molar-refractivity contribution in [3.05, 3.63) is 23.8 Å². The zero-order valence-electron chi connectivity index (χ0n) is 11.1. The molecular weight excluding hydrogens is 266 g/mol. The van der Waals surface area contributed by atoms with Crippen molar-refractivity contribution in [2.75, 3.05) is 18.1 Å². The van der Waals surface area contributed by atoms with E-state index < -0.39 is 15.8 Å². The highest BCUT2D eigenvalue weighted by Crippen LogP contribution is 2.20. The van der Waals surface area contributed by atoms with Gasteiger partial charge in [-0.2, -0.15) is 0 Å². The van der Waals surface area contributed by atoms with E-state index in [1.807, 2.05) is 6.92 Å². The highest BCUT2D eigenvalue weighted by atomic mass is 32.2. The first kappa shape index (κ1) is 15.5. The second-order valence-electron chi connectivity index (χ2n) is 4.53. The van der Waals surface area contributed by atoms with Crippen LogP contribution in [0.15, 0.2) is 23.1 Å². The summed E-state index contributed by atoms with van der Waals surface area (Å²) in [6, 6.07) is 4.96. The van der Waals surface area contributed by atoms with Crippen LogP contribution in [0.3, 0.4) is 0 Å². The Morgan fingerprint density at radius 3 is 2.58 bits per heavy atom. The quantitative estimate of drug-likeness (QED) is 0.749. The second-order valence-corrected chi connectivity index (χ2v) is 6.54. The monoisotopic (exact) mass is 285 g/mol. The molecule has 0 radical (unpaired) electrons. The topological polar surface area (TPSA) is 83.5 Å². The van der Waals surface area contributed by atoms with E-state index in [1.54, 1.807) is 18.2 Å². The van der Waals surface area contributed by atoms with Crippen LogP contribution in [0.25, 0.3) is 0 Å². The van der Waals surface area contributed by atoms with Gasteiger partial charge in [0.25, 0.3) is 0 Å². The minimum Gasteiger partial charge on any atom is -0.481 e. The largest absolute Gasteiger partial charge is 0.481 e. The number of benzene rings is 1. The Balaban J connectivity index is 2.60. The van der Waals surface area contributed by atoms with Gasteiger partial charge in [-0.1, -0.05) is 6.07 Å². The molecule has 1 rings (SSSR count). The van der Waals surface area contributed by atoms with E-state index >= 15 is 0 Å². The molecule has 0 aliphatic rings. The van der Waals surface area contributed by atoms with Gasteiger partial charge in [0.2, 0.25) is 0 Å². The van der Waals surface area contributed by atoms with Crippen LogP contribution in [0.5, 0.6) is 0 Å². The molecule has 0 saturated carbocycles. The van der Waals surface area contributed by atoms with E-state index in [-0.39, 0.29) is 11.3 Å². The van der Waals surface area contributed by atoms with Gasteiger partial charge in [0, 0.05) is 24.9 Å². The molecule has 1 aromatic carbocycles. The number of hydrogen-bond donors (Lipinski definition) is 2. The molecule has 1 aromatic rings. The molecule has 0 aliphatic heterocycles. The average molecular weight is 285 g/mol. The molecule has 6 heteroatoms. The van der Waals surface area contributed by atoms with Gasteiger partial charge >= 0.3 is 5.97 Å². The van der Waals surface area contributed by atoms with Crippen LogP contribution in [0.2, 0.25) is 0 Å². The fourth-order valence-corrected chi connectivity index (χ4v) is 2.29. The molecular formula is C13H19NO4S. The lowest BCUT2D eigenvalue weighted by Gasteiger charge is -2.10. The fourth-order valence-electron chi connectivity index (χ4n) is 1.65. The van der Waals surface area contributed by atoms with Crippen LogP contribution < -0.4 is 5.32 Å². The van der Waals surface area contributed by atoms with Gasteiger partial charge in [-0.15, -0.1) is 0 Å². The van der Waals surface area contributed by atoms with Crippen LogP contribution >= 0.6 is 0 Å². The van der Waals surface area contributed by atoms with Crippen molar-refractivity contribution < 1.29 is 18.3 Å². The van der Waals surface area contributed by atoms with Crippen molar-refractivity contribution in [1.82, 2.24) is 0 Å². The van der Waals surface area contributed by atoms with Gasteiger partial charge in [-0.05, 0) is 37.5 Å². The number of nitrogens with one attached hydrogen (secondary N) is 1. The third-order valence-electron chi connectivity index (χ3n) is 2.77. The molecule has 0 heterocycles. The van der Waals surface area contributed by atoms with Crippen molar-refractivity contribution in [2.24, 2.45) is 0 Å².